The van der Waals surface area contributed by atoms with Gasteiger partial charge in [0, 0.05) is 23.8 Å². The van der Waals surface area contributed by atoms with Gasteiger partial charge < -0.3 is 10.6 Å². The molecule has 0 heterocycles. The van der Waals surface area contributed by atoms with Crippen LogP contribution in [0.25, 0.3) is 0 Å². The summed E-state index contributed by atoms with van der Waals surface area (Å²) in [7, 11) is 0. The minimum Gasteiger partial charge on any atom is -0.385 e. The molecule has 0 radical (unpaired) electrons. The fourth-order valence-corrected chi connectivity index (χ4v) is 3.08. The van der Waals surface area contributed by atoms with Crippen LogP contribution >= 0.6 is 0 Å². The predicted octanol–water partition coefficient (Wildman–Crippen LogP) is 3.82. The summed E-state index contributed by atoms with van der Waals surface area (Å²) in [6.45, 7) is 5.18. The molecule has 2 atom stereocenters. The zero-order valence-electron chi connectivity index (χ0n) is 12.6. The molecule has 0 spiro atoms. The first-order valence-corrected chi connectivity index (χ1v) is 7.89. The van der Waals surface area contributed by atoms with Crippen LogP contribution in [0.4, 0.5) is 5.69 Å². The summed E-state index contributed by atoms with van der Waals surface area (Å²) in [6.07, 6.45) is 6.08. The number of anilines is 1. The van der Waals surface area contributed by atoms with Crippen LogP contribution in [0.15, 0.2) is 24.3 Å². The van der Waals surface area contributed by atoms with Crippen molar-refractivity contribution in [2.45, 2.75) is 52.0 Å². The Balaban J connectivity index is 1.96. The molecule has 0 bridgehead atoms. The van der Waals surface area contributed by atoms with Crippen molar-refractivity contribution >= 4 is 11.6 Å². The van der Waals surface area contributed by atoms with Crippen molar-refractivity contribution in [3.8, 4) is 0 Å². The fraction of sp³-hybridized carbons (Fsp3) is 0.588. The largest absolute Gasteiger partial charge is 0.385 e. The lowest BCUT2D eigenvalue weighted by atomic mass is 9.83. The van der Waals surface area contributed by atoms with Crippen LogP contribution in [0.2, 0.25) is 0 Å². The molecule has 110 valence electrons. The van der Waals surface area contributed by atoms with Crippen LogP contribution in [0.5, 0.6) is 0 Å². The number of benzene rings is 1. The third-order valence-corrected chi connectivity index (χ3v) is 4.28. The Labute approximate surface area is 122 Å². The number of amides is 1. The Morgan fingerprint density at radius 2 is 1.85 bits per heavy atom. The van der Waals surface area contributed by atoms with Crippen molar-refractivity contribution in [3.05, 3.63) is 29.8 Å². The highest BCUT2D eigenvalue weighted by Crippen LogP contribution is 2.27. The van der Waals surface area contributed by atoms with Gasteiger partial charge in [-0.2, -0.15) is 0 Å². The molecule has 3 nitrogen and oxygen atoms in total. The van der Waals surface area contributed by atoms with Crippen LogP contribution in [-0.2, 0) is 0 Å². The molecule has 0 saturated heterocycles. The van der Waals surface area contributed by atoms with E-state index in [-0.39, 0.29) is 5.91 Å². The molecule has 2 unspecified atom stereocenters. The normalized spacial score (nSPS) is 22.3. The highest BCUT2D eigenvalue weighted by atomic mass is 16.1. The molecule has 1 fully saturated rings. The lowest BCUT2D eigenvalue weighted by Gasteiger charge is -2.31. The third kappa shape index (κ3) is 3.75. The van der Waals surface area contributed by atoms with Gasteiger partial charge in [0.25, 0.3) is 5.91 Å². The molecule has 1 aromatic carbocycles. The van der Waals surface area contributed by atoms with Crippen molar-refractivity contribution in [1.82, 2.24) is 5.32 Å². The molecule has 3 heteroatoms. The summed E-state index contributed by atoms with van der Waals surface area (Å²) < 4.78 is 0. The van der Waals surface area contributed by atoms with Crippen LogP contribution < -0.4 is 10.6 Å². The third-order valence-electron chi connectivity index (χ3n) is 4.28. The van der Waals surface area contributed by atoms with Crippen molar-refractivity contribution in [3.63, 3.8) is 0 Å². The summed E-state index contributed by atoms with van der Waals surface area (Å²) >= 11 is 0. The number of rotatable bonds is 5. The van der Waals surface area contributed by atoms with Gasteiger partial charge >= 0.3 is 0 Å². The molecule has 2 rings (SSSR count). The molecule has 1 aromatic rings. The van der Waals surface area contributed by atoms with Gasteiger partial charge in [0.05, 0.1) is 0 Å². The minimum absolute atomic E-state index is 0.0680. The highest BCUT2D eigenvalue weighted by molar-refractivity contribution is 5.94. The van der Waals surface area contributed by atoms with Gasteiger partial charge in [-0.3, -0.25) is 4.79 Å². The molecule has 1 aliphatic carbocycles. The Bertz CT molecular complexity index is 427. The fourth-order valence-electron chi connectivity index (χ4n) is 3.08. The zero-order chi connectivity index (χ0) is 14.4. The van der Waals surface area contributed by atoms with Gasteiger partial charge in [-0.15, -0.1) is 0 Å². The zero-order valence-corrected chi connectivity index (χ0v) is 12.6. The van der Waals surface area contributed by atoms with Crippen molar-refractivity contribution < 1.29 is 4.79 Å². The molecule has 2 N–H and O–H groups in total. The first-order chi connectivity index (χ1) is 9.74. The molecule has 1 saturated carbocycles. The van der Waals surface area contributed by atoms with E-state index in [2.05, 4.69) is 24.5 Å². The Morgan fingerprint density at radius 1 is 1.15 bits per heavy atom. The number of carbonyl (C=O) groups excluding carboxylic acids is 1. The predicted molar refractivity (Wildman–Crippen MR) is 84.1 cm³/mol. The second kappa shape index (κ2) is 7.32. The van der Waals surface area contributed by atoms with E-state index >= 15 is 0 Å². The highest BCUT2D eigenvalue weighted by Gasteiger charge is 2.25. The topological polar surface area (TPSA) is 41.1 Å². The van der Waals surface area contributed by atoms with E-state index < -0.39 is 0 Å². The molecule has 0 aliphatic heterocycles. The van der Waals surface area contributed by atoms with Gasteiger partial charge in [0.2, 0.25) is 0 Å². The molecular formula is C17H26N2O. The average Bonchev–Trinajstić information content (AvgIpc) is 2.49. The molecule has 0 aromatic heterocycles. The number of hydrogen-bond acceptors (Lipinski definition) is 2. The maximum Gasteiger partial charge on any atom is 0.251 e. The van der Waals surface area contributed by atoms with Gasteiger partial charge in [-0.05, 0) is 49.9 Å². The minimum atomic E-state index is 0.0680. The van der Waals surface area contributed by atoms with Crippen LogP contribution in [0.3, 0.4) is 0 Å². The van der Waals surface area contributed by atoms with E-state index in [0.29, 0.717) is 12.0 Å². The standard InChI is InChI=1S/C17H26N2O/c1-3-13-7-5-6-8-16(13)19-17(20)14-9-11-15(12-10-14)18-4-2/h9-13,16,18H,3-8H2,1-2H3,(H,19,20). The Hall–Kier alpha value is -1.51. The number of nitrogens with one attached hydrogen (secondary N) is 2. The van der Waals surface area contributed by atoms with Crippen LogP contribution in [0.1, 0.15) is 56.3 Å². The van der Waals surface area contributed by atoms with Gasteiger partial charge in [-0.25, -0.2) is 0 Å². The van der Waals surface area contributed by atoms with Crippen LogP contribution in [0, 0.1) is 5.92 Å². The maximum absolute atomic E-state index is 12.3. The summed E-state index contributed by atoms with van der Waals surface area (Å²) in [4.78, 5) is 12.3. The van der Waals surface area contributed by atoms with Gasteiger partial charge in [-0.1, -0.05) is 26.2 Å². The van der Waals surface area contributed by atoms with Crippen LogP contribution in [-0.4, -0.2) is 18.5 Å². The number of carbonyl (C=O) groups is 1. The van der Waals surface area contributed by atoms with E-state index in [1.807, 2.05) is 24.3 Å². The second-order valence-electron chi connectivity index (χ2n) is 5.64. The maximum atomic E-state index is 12.3. The molecule has 1 aliphatic rings. The van der Waals surface area contributed by atoms with E-state index in [9.17, 15) is 4.79 Å². The molecular weight excluding hydrogens is 248 g/mol. The SMILES string of the molecule is CCNc1ccc(C(=O)NC2CCCCC2CC)cc1. The quantitative estimate of drug-likeness (QED) is 0.857. The van der Waals surface area contributed by atoms with E-state index in [0.717, 1.165) is 30.6 Å². The van der Waals surface area contributed by atoms with Gasteiger partial charge in [0.1, 0.15) is 0 Å². The van der Waals surface area contributed by atoms with Crippen molar-refractivity contribution in [2.24, 2.45) is 5.92 Å². The Morgan fingerprint density at radius 3 is 2.50 bits per heavy atom. The molecule has 20 heavy (non-hydrogen) atoms. The lowest BCUT2D eigenvalue weighted by molar-refractivity contribution is 0.0905. The lowest BCUT2D eigenvalue weighted by Crippen LogP contribution is -2.41. The van der Waals surface area contributed by atoms with Crippen molar-refractivity contribution in [2.75, 3.05) is 11.9 Å². The van der Waals surface area contributed by atoms with Gasteiger partial charge in [0.15, 0.2) is 0 Å². The first kappa shape index (κ1) is 14.9. The second-order valence-corrected chi connectivity index (χ2v) is 5.64. The molecule has 1 amide bonds. The Kier molecular flexibility index (Phi) is 5.45. The van der Waals surface area contributed by atoms with Crippen molar-refractivity contribution in [1.29, 1.82) is 0 Å². The summed E-state index contributed by atoms with van der Waals surface area (Å²) in [5.74, 6) is 0.715. The first-order valence-electron chi connectivity index (χ1n) is 7.89. The smallest absolute Gasteiger partial charge is 0.251 e. The average molecular weight is 274 g/mol. The summed E-state index contributed by atoms with van der Waals surface area (Å²) in [5, 5.41) is 6.47. The van der Waals surface area contributed by atoms with E-state index in [4.69, 9.17) is 0 Å². The van der Waals surface area contributed by atoms with E-state index in [1.54, 1.807) is 0 Å². The monoisotopic (exact) mass is 274 g/mol. The summed E-state index contributed by atoms with van der Waals surface area (Å²) in [5.41, 5.74) is 1.82. The summed E-state index contributed by atoms with van der Waals surface area (Å²) in [6, 6.07) is 8.09. The van der Waals surface area contributed by atoms with E-state index in [1.165, 1.54) is 19.3 Å². The number of hydrogen-bond donors (Lipinski definition) is 2.